The van der Waals surface area contributed by atoms with Crippen LogP contribution in [0.1, 0.15) is 69.3 Å². The van der Waals surface area contributed by atoms with Crippen LogP contribution in [0.25, 0.3) is 11.3 Å². The summed E-state index contributed by atoms with van der Waals surface area (Å²) in [5.74, 6) is 0.355. The van der Waals surface area contributed by atoms with Crippen LogP contribution in [-0.2, 0) is 19.1 Å². The van der Waals surface area contributed by atoms with Crippen molar-refractivity contribution in [3.05, 3.63) is 66.4 Å². The van der Waals surface area contributed by atoms with Crippen molar-refractivity contribution in [3.8, 4) is 17.0 Å². The van der Waals surface area contributed by atoms with Crippen LogP contribution in [0.3, 0.4) is 0 Å². The van der Waals surface area contributed by atoms with Crippen LogP contribution in [0.4, 0.5) is 11.4 Å². The zero-order valence-corrected chi connectivity index (χ0v) is 31.1. The van der Waals surface area contributed by atoms with Crippen molar-refractivity contribution in [2.75, 3.05) is 69.8 Å². The van der Waals surface area contributed by atoms with E-state index in [4.69, 9.17) is 4.74 Å². The Balaban J connectivity index is 0.835. The van der Waals surface area contributed by atoms with Gasteiger partial charge in [-0.1, -0.05) is 24.3 Å². The fourth-order valence-corrected chi connectivity index (χ4v) is 8.77. The average molecular weight is 724 g/mol. The Morgan fingerprint density at radius 3 is 2.30 bits per heavy atom. The number of nitrogens with one attached hydrogen (secondary N) is 1. The number of carbonyl (C=O) groups excluding carboxylic acids is 3. The smallest absolute Gasteiger partial charge is 0.254 e. The number of para-hydroxylation sites is 1. The number of aromatic hydroxyl groups is 1. The monoisotopic (exact) mass is 723 g/mol. The lowest BCUT2D eigenvalue weighted by atomic mass is 9.88. The van der Waals surface area contributed by atoms with Gasteiger partial charge in [0.25, 0.3) is 5.91 Å². The lowest BCUT2D eigenvalue weighted by molar-refractivity contribution is -0.159. The van der Waals surface area contributed by atoms with Gasteiger partial charge in [0.05, 0.1) is 23.5 Å². The molecule has 7 rings (SSSR count). The molecule has 4 fully saturated rings. The highest BCUT2D eigenvalue weighted by Crippen LogP contribution is 2.35. The van der Waals surface area contributed by atoms with Gasteiger partial charge in [-0.05, 0) is 86.9 Å². The second-order valence-corrected chi connectivity index (χ2v) is 15.3. The molecule has 12 heteroatoms. The molecule has 5 heterocycles. The number of anilines is 2. The number of hydrogen-bond acceptors (Lipinski definition) is 10. The molecule has 0 unspecified atom stereocenters. The third kappa shape index (κ3) is 8.18. The lowest BCUT2D eigenvalue weighted by Gasteiger charge is -2.45. The highest BCUT2D eigenvalue weighted by Gasteiger charge is 2.45. The maximum absolute atomic E-state index is 14.0. The Morgan fingerprint density at radius 2 is 1.62 bits per heavy atom. The van der Waals surface area contributed by atoms with Crippen LogP contribution in [-0.4, -0.2) is 114 Å². The Kier molecular flexibility index (Phi) is 11.3. The molecule has 2 N–H and O–H groups in total. The summed E-state index contributed by atoms with van der Waals surface area (Å²) < 4.78 is 6.03. The summed E-state index contributed by atoms with van der Waals surface area (Å²) in [5.41, 5.74) is 3.51. The minimum absolute atomic E-state index is 0.0817. The summed E-state index contributed by atoms with van der Waals surface area (Å²) in [6, 6.07) is 17.6. The number of piperidine rings is 4. The van der Waals surface area contributed by atoms with E-state index in [9.17, 15) is 19.5 Å². The second kappa shape index (κ2) is 16.2. The Morgan fingerprint density at radius 1 is 0.925 bits per heavy atom. The van der Waals surface area contributed by atoms with Gasteiger partial charge in [-0.2, -0.15) is 10.2 Å². The van der Waals surface area contributed by atoms with E-state index in [2.05, 4.69) is 42.3 Å². The Hall–Kier alpha value is -4.55. The molecule has 12 nitrogen and oxygen atoms in total. The maximum atomic E-state index is 14.0. The van der Waals surface area contributed by atoms with E-state index < -0.39 is 5.60 Å². The van der Waals surface area contributed by atoms with Crippen LogP contribution >= 0.6 is 0 Å². The number of amides is 3. The molecular formula is C41H53N7O5. The van der Waals surface area contributed by atoms with Gasteiger partial charge >= 0.3 is 0 Å². The summed E-state index contributed by atoms with van der Waals surface area (Å²) in [7, 11) is 3.62. The van der Waals surface area contributed by atoms with E-state index in [0.29, 0.717) is 55.9 Å². The third-order valence-electron chi connectivity index (χ3n) is 12.3. The van der Waals surface area contributed by atoms with E-state index in [0.717, 1.165) is 56.8 Å². The molecule has 0 bridgehead atoms. The highest BCUT2D eigenvalue weighted by molar-refractivity contribution is 6.01. The number of nitrogens with zero attached hydrogens (tertiary/aromatic N) is 6. The molecule has 4 saturated heterocycles. The van der Waals surface area contributed by atoms with Gasteiger partial charge in [0.1, 0.15) is 11.4 Å². The van der Waals surface area contributed by atoms with Crippen LogP contribution < -0.4 is 15.1 Å². The van der Waals surface area contributed by atoms with Crippen molar-refractivity contribution in [1.82, 2.24) is 25.3 Å². The number of likely N-dealkylation sites (N-methyl/N-ethyl adjacent to an activating group) is 1. The zero-order chi connectivity index (χ0) is 37.0. The van der Waals surface area contributed by atoms with Gasteiger partial charge in [-0.3, -0.25) is 19.7 Å². The molecule has 0 spiro atoms. The molecule has 53 heavy (non-hydrogen) atoms. The van der Waals surface area contributed by atoms with Crippen molar-refractivity contribution in [1.29, 1.82) is 0 Å². The standard InChI is InChI=1S/C41H53N7O5/c1-45(40(52)41(53-2)18-25-48(26-19-41)33-27-36(44-42-28-33)35-5-3-4-6-37(35)49)31-16-21-46(22-17-31)20-13-29-14-23-47(24-15-29)32-9-7-30(8-10-32)34-11-12-38(50)43-39(34)51/h3-10,27-29,31,34,49H,11-26H2,1-2H3,(H,43,50,51)/t34-/m1/s1. The number of ether oxygens (including phenoxy) is 1. The van der Waals surface area contributed by atoms with Crippen molar-refractivity contribution in [3.63, 3.8) is 0 Å². The molecule has 0 radical (unpaired) electrons. The number of phenols is 1. The minimum Gasteiger partial charge on any atom is -0.507 e. The molecule has 1 atom stereocenters. The van der Waals surface area contributed by atoms with Gasteiger partial charge in [-0.15, -0.1) is 0 Å². The quantitative estimate of drug-likeness (QED) is 0.287. The van der Waals surface area contributed by atoms with E-state index in [1.807, 2.05) is 42.3 Å². The fourth-order valence-electron chi connectivity index (χ4n) is 8.77. The summed E-state index contributed by atoms with van der Waals surface area (Å²) >= 11 is 0. The van der Waals surface area contributed by atoms with Gasteiger partial charge in [0, 0.05) is 90.0 Å². The molecule has 1 aromatic heterocycles. The maximum Gasteiger partial charge on any atom is 0.254 e. The number of likely N-dealkylation sites (tertiary alicyclic amines) is 1. The summed E-state index contributed by atoms with van der Waals surface area (Å²) in [6.07, 6.45) is 9.38. The van der Waals surface area contributed by atoms with E-state index in [1.54, 1.807) is 25.4 Å². The molecule has 3 amide bonds. The van der Waals surface area contributed by atoms with Gasteiger partial charge in [-0.25, -0.2) is 0 Å². The van der Waals surface area contributed by atoms with Crippen LogP contribution in [0.2, 0.25) is 0 Å². The second-order valence-electron chi connectivity index (χ2n) is 15.3. The Labute approximate surface area is 312 Å². The van der Waals surface area contributed by atoms with Crippen molar-refractivity contribution in [2.24, 2.45) is 5.92 Å². The molecule has 0 aliphatic carbocycles. The summed E-state index contributed by atoms with van der Waals surface area (Å²) in [6.45, 7) is 6.50. The summed E-state index contributed by atoms with van der Waals surface area (Å²) in [4.78, 5) is 47.0. The average Bonchev–Trinajstić information content (AvgIpc) is 3.20. The molecule has 4 aliphatic rings. The largest absolute Gasteiger partial charge is 0.507 e. The van der Waals surface area contributed by atoms with Crippen LogP contribution in [0.5, 0.6) is 5.75 Å². The lowest BCUT2D eigenvalue weighted by Crippen LogP contribution is -2.58. The molecule has 2 aromatic carbocycles. The predicted octanol–water partition coefficient (Wildman–Crippen LogP) is 4.58. The first-order valence-corrected chi connectivity index (χ1v) is 19.3. The van der Waals surface area contributed by atoms with Crippen molar-refractivity contribution < 1.29 is 24.2 Å². The number of hydrogen-bond donors (Lipinski definition) is 2. The highest BCUT2D eigenvalue weighted by atomic mass is 16.5. The van der Waals surface area contributed by atoms with E-state index in [1.165, 1.54) is 24.9 Å². The normalized spacial score (nSPS) is 21.7. The topological polar surface area (TPSA) is 131 Å². The first kappa shape index (κ1) is 36.8. The number of imide groups is 1. The number of phenolic OH excluding ortho intramolecular Hbond substituents is 1. The number of aromatic nitrogens is 2. The zero-order valence-electron chi connectivity index (χ0n) is 31.1. The number of benzene rings is 2. The number of carbonyl (C=O) groups is 3. The third-order valence-corrected chi connectivity index (χ3v) is 12.3. The predicted molar refractivity (Wildman–Crippen MR) is 204 cm³/mol. The van der Waals surface area contributed by atoms with E-state index in [-0.39, 0.29) is 35.4 Å². The fraction of sp³-hybridized carbons (Fsp3) is 0.537. The minimum atomic E-state index is -0.839. The van der Waals surface area contributed by atoms with Crippen LogP contribution in [0.15, 0.2) is 60.8 Å². The van der Waals surface area contributed by atoms with E-state index >= 15 is 0 Å². The van der Waals surface area contributed by atoms with Crippen molar-refractivity contribution >= 4 is 29.1 Å². The van der Waals surface area contributed by atoms with Gasteiger partial charge in [0.2, 0.25) is 11.8 Å². The summed E-state index contributed by atoms with van der Waals surface area (Å²) in [5, 5.41) is 21.2. The SMILES string of the molecule is COC1(C(=O)N(C)C2CCN(CCC3CCN(c4ccc([C@H]5CCC(=O)NC5=O)cc4)CC3)CC2)CCN(c2cnnc(-c3ccccc3O)c2)CC1. The van der Waals surface area contributed by atoms with Gasteiger partial charge in [0.15, 0.2) is 0 Å². The molecule has 3 aromatic rings. The molecule has 282 valence electrons. The van der Waals surface area contributed by atoms with Crippen LogP contribution in [0, 0.1) is 5.92 Å². The number of rotatable bonds is 10. The van der Waals surface area contributed by atoms with Gasteiger partial charge < -0.3 is 29.4 Å². The first-order chi connectivity index (χ1) is 25.7. The van der Waals surface area contributed by atoms with Crippen molar-refractivity contribution in [2.45, 2.75) is 75.3 Å². The molecule has 0 saturated carbocycles. The molecule has 4 aliphatic heterocycles. The Bertz CT molecular complexity index is 1750. The first-order valence-electron chi connectivity index (χ1n) is 19.3. The molecular weight excluding hydrogens is 670 g/mol. The number of methoxy groups -OCH3 is 1.